The predicted octanol–water partition coefficient (Wildman–Crippen LogP) is 1.77. The molecule has 30 heavy (non-hydrogen) atoms. The fraction of sp³-hybridized carbons (Fsp3) is 0.524. The van der Waals surface area contributed by atoms with Crippen LogP contribution in [-0.4, -0.2) is 46.9 Å². The number of nitrogens with one attached hydrogen (secondary N) is 2. The Hall–Kier alpha value is -2.49. The van der Waals surface area contributed by atoms with E-state index in [4.69, 9.17) is 15.2 Å². The van der Waals surface area contributed by atoms with Gasteiger partial charge in [-0.05, 0) is 18.9 Å². The van der Waals surface area contributed by atoms with E-state index < -0.39 is 5.82 Å². The molecule has 8 nitrogen and oxygen atoms in total. The van der Waals surface area contributed by atoms with E-state index in [2.05, 4.69) is 27.1 Å². The summed E-state index contributed by atoms with van der Waals surface area (Å²) in [6.07, 6.45) is 3.75. The van der Waals surface area contributed by atoms with Gasteiger partial charge in [0.25, 0.3) is 5.91 Å². The van der Waals surface area contributed by atoms with Crippen LogP contribution in [0.2, 0.25) is 0 Å². The minimum Gasteiger partial charge on any atom is -0.380 e. The average Bonchev–Trinajstić information content (AvgIpc) is 3.35. The number of aromatic nitrogens is 2. The monoisotopic (exact) mass is 415 g/mol. The molecule has 5 heterocycles. The molecule has 2 aromatic rings. The first-order chi connectivity index (χ1) is 14.5. The third kappa shape index (κ3) is 3.27. The molecule has 1 saturated heterocycles. The van der Waals surface area contributed by atoms with Crippen LogP contribution in [0.1, 0.15) is 41.4 Å². The number of nitrogens with zero attached hydrogens (tertiary/aromatic N) is 2. The van der Waals surface area contributed by atoms with Crippen molar-refractivity contribution in [2.45, 2.75) is 57.6 Å². The maximum atomic E-state index is 15.2. The zero-order chi connectivity index (χ0) is 20.8. The van der Waals surface area contributed by atoms with Crippen LogP contribution in [0, 0.1) is 5.82 Å². The molecule has 0 aromatic carbocycles. The molecule has 1 amide bonds. The van der Waals surface area contributed by atoms with Crippen molar-refractivity contribution in [1.29, 1.82) is 0 Å². The Bertz CT molecular complexity index is 992. The molecule has 0 spiro atoms. The Morgan fingerprint density at radius 2 is 2.33 bits per heavy atom. The van der Waals surface area contributed by atoms with Gasteiger partial charge in [-0.3, -0.25) is 4.79 Å². The van der Waals surface area contributed by atoms with Gasteiger partial charge in [0.2, 0.25) is 0 Å². The number of hydrogen-bond acceptors (Lipinski definition) is 6. The van der Waals surface area contributed by atoms with Crippen LogP contribution in [0.5, 0.6) is 0 Å². The second-order valence-electron chi connectivity index (χ2n) is 8.15. The number of hydrogen-bond donors (Lipinski definition) is 3. The summed E-state index contributed by atoms with van der Waals surface area (Å²) in [6.45, 7) is 4.49. The number of nitrogens with two attached hydrogens (primary N) is 1. The highest BCUT2D eigenvalue weighted by molar-refractivity contribution is 6.04. The number of ether oxygens (including phenoxy) is 2. The van der Waals surface area contributed by atoms with Crippen molar-refractivity contribution in [3.05, 3.63) is 34.9 Å². The largest absolute Gasteiger partial charge is 0.380 e. The van der Waals surface area contributed by atoms with Crippen LogP contribution in [0.25, 0.3) is 11.3 Å². The van der Waals surface area contributed by atoms with Gasteiger partial charge in [0.15, 0.2) is 11.6 Å². The number of pyridine rings is 1. The number of halogens is 1. The number of carbonyl (C=O) groups is 1. The van der Waals surface area contributed by atoms with Crippen molar-refractivity contribution < 1.29 is 18.7 Å². The van der Waals surface area contributed by atoms with Crippen LogP contribution in [0.3, 0.4) is 0 Å². The van der Waals surface area contributed by atoms with Gasteiger partial charge < -0.3 is 30.4 Å². The molecule has 1 unspecified atom stereocenters. The molecule has 2 aromatic heterocycles. The Balaban J connectivity index is 1.56. The zero-order valence-electron chi connectivity index (χ0n) is 16.9. The third-order valence-electron chi connectivity index (χ3n) is 6.19. The summed E-state index contributed by atoms with van der Waals surface area (Å²) in [5.41, 5.74) is 9.09. The summed E-state index contributed by atoms with van der Waals surface area (Å²) in [6, 6.07) is 1.58. The van der Waals surface area contributed by atoms with Crippen LogP contribution in [-0.2, 0) is 29.2 Å². The fourth-order valence-corrected chi connectivity index (χ4v) is 4.40. The second kappa shape index (κ2) is 7.64. The van der Waals surface area contributed by atoms with E-state index >= 15 is 4.39 Å². The molecular formula is C21H26FN5O3. The number of fused-ring (bicyclic) bond motifs is 2. The molecule has 0 radical (unpaired) electrons. The van der Waals surface area contributed by atoms with Gasteiger partial charge in [-0.25, -0.2) is 9.37 Å². The molecule has 3 aliphatic heterocycles. The summed E-state index contributed by atoms with van der Waals surface area (Å²) in [5.74, 6) is -0.661. The van der Waals surface area contributed by atoms with E-state index in [-0.39, 0.29) is 36.5 Å². The van der Waals surface area contributed by atoms with Crippen LogP contribution >= 0.6 is 0 Å². The van der Waals surface area contributed by atoms with E-state index in [1.807, 2.05) is 12.3 Å². The normalized spacial score (nSPS) is 25.6. The summed E-state index contributed by atoms with van der Waals surface area (Å²) in [7, 11) is 0. The maximum absolute atomic E-state index is 15.2. The fourth-order valence-electron chi connectivity index (χ4n) is 4.40. The second-order valence-corrected chi connectivity index (χ2v) is 8.15. The van der Waals surface area contributed by atoms with E-state index in [0.717, 1.165) is 24.2 Å². The molecule has 0 bridgehead atoms. The van der Waals surface area contributed by atoms with Gasteiger partial charge in [-0.2, -0.15) is 0 Å². The Morgan fingerprint density at radius 3 is 3.13 bits per heavy atom. The van der Waals surface area contributed by atoms with Gasteiger partial charge in [0, 0.05) is 54.8 Å². The lowest BCUT2D eigenvalue weighted by molar-refractivity contribution is 0.00269. The predicted molar refractivity (Wildman–Crippen MR) is 108 cm³/mol. The van der Waals surface area contributed by atoms with Crippen LogP contribution < -0.4 is 16.4 Å². The highest BCUT2D eigenvalue weighted by Gasteiger charge is 2.33. The van der Waals surface area contributed by atoms with Gasteiger partial charge in [0.05, 0.1) is 30.6 Å². The Morgan fingerprint density at radius 1 is 1.47 bits per heavy atom. The molecule has 0 aliphatic carbocycles. The molecule has 5 rings (SSSR count). The molecule has 1 fully saturated rings. The molecule has 9 heteroatoms. The zero-order valence-corrected chi connectivity index (χ0v) is 16.9. The molecule has 160 valence electrons. The maximum Gasteiger partial charge on any atom is 0.254 e. The van der Waals surface area contributed by atoms with Gasteiger partial charge in [0.1, 0.15) is 0 Å². The first-order valence-corrected chi connectivity index (χ1v) is 10.5. The first kappa shape index (κ1) is 19.5. The lowest BCUT2D eigenvalue weighted by Gasteiger charge is -2.30. The number of carbonyl (C=O) groups excluding carboxylic acids is 1. The molecule has 3 atom stereocenters. The van der Waals surface area contributed by atoms with Crippen molar-refractivity contribution in [3.63, 3.8) is 0 Å². The van der Waals surface area contributed by atoms with E-state index in [9.17, 15) is 4.79 Å². The average molecular weight is 415 g/mol. The Labute approximate surface area is 173 Å². The van der Waals surface area contributed by atoms with Crippen molar-refractivity contribution in [2.75, 3.05) is 18.5 Å². The van der Waals surface area contributed by atoms with Crippen molar-refractivity contribution in [1.82, 2.24) is 14.9 Å². The summed E-state index contributed by atoms with van der Waals surface area (Å²) in [4.78, 5) is 17.1. The smallest absolute Gasteiger partial charge is 0.254 e. The topological polar surface area (TPSA) is 103 Å². The highest BCUT2D eigenvalue weighted by Crippen LogP contribution is 2.35. The van der Waals surface area contributed by atoms with Crippen molar-refractivity contribution in [3.8, 4) is 11.3 Å². The third-order valence-corrected chi connectivity index (χ3v) is 6.19. The summed E-state index contributed by atoms with van der Waals surface area (Å²) < 4.78 is 28.6. The molecule has 3 aliphatic rings. The first-order valence-electron chi connectivity index (χ1n) is 10.5. The number of amides is 1. The van der Waals surface area contributed by atoms with E-state index in [1.165, 1.54) is 0 Å². The SMILES string of the molecule is CCC1Cn2cc(-c3nc(N[C@@H]4CCOC[C@@H]4N)c(F)c4c3C(=O)NC4)cc2CO1. The van der Waals surface area contributed by atoms with E-state index in [0.29, 0.717) is 43.1 Å². The van der Waals surface area contributed by atoms with Crippen molar-refractivity contribution in [2.24, 2.45) is 5.73 Å². The lowest BCUT2D eigenvalue weighted by atomic mass is 10.0. The molecule has 4 N–H and O–H groups in total. The minimum absolute atomic E-state index is 0.134. The van der Waals surface area contributed by atoms with Crippen LogP contribution in [0.4, 0.5) is 10.2 Å². The van der Waals surface area contributed by atoms with Gasteiger partial charge >= 0.3 is 0 Å². The van der Waals surface area contributed by atoms with E-state index in [1.54, 1.807) is 0 Å². The summed E-state index contributed by atoms with van der Waals surface area (Å²) in [5, 5.41) is 5.90. The van der Waals surface area contributed by atoms with Gasteiger partial charge in [-0.15, -0.1) is 0 Å². The van der Waals surface area contributed by atoms with Crippen molar-refractivity contribution >= 4 is 11.7 Å². The number of rotatable bonds is 4. The molecular weight excluding hydrogens is 389 g/mol. The lowest BCUT2D eigenvalue weighted by Crippen LogP contribution is -2.48. The molecule has 0 saturated carbocycles. The Kier molecular flexibility index (Phi) is 4.96. The van der Waals surface area contributed by atoms with Crippen LogP contribution in [0.15, 0.2) is 12.3 Å². The number of anilines is 1. The van der Waals surface area contributed by atoms with Gasteiger partial charge in [-0.1, -0.05) is 6.92 Å². The summed E-state index contributed by atoms with van der Waals surface area (Å²) >= 11 is 0. The minimum atomic E-state index is -0.496. The highest BCUT2D eigenvalue weighted by atomic mass is 19.1. The standard InChI is InChI=1S/C21H26FN5O3/c1-2-13-8-27-7-11(5-12(27)9-30-13)19-17-14(6-24-21(17)28)18(22)20(26-19)25-16-3-4-29-10-15(16)23/h5,7,13,15-16H,2-4,6,8-10,23H2,1H3,(H,24,28)(H,25,26)/t13?,15-,16+/m0/s1. The quantitative estimate of drug-likeness (QED) is 0.703.